The van der Waals surface area contributed by atoms with Crippen molar-refractivity contribution in [2.45, 2.75) is 77.0 Å². The highest BCUT2D eigenvalue weighted by Gasteiger charge is 2.53. The van der Waals surface area contributed by atoms with Gasteiger partial charge in [0.1, 0.15) is 12.2 Å². The first-order chi connectivity index (χ1) is 13.1. The second-order valence-corrected chi connectivity index (χ2v) is 9.70. The van der Waals surface area contributed by atoms with E-state index in [1.54, 1.807) is 0 Å². The third-order valence-electron chi connectivity index (χ3n) is 5.42. The van der Waals surface area contributed by atoms with Gasteiger partial charge in [-0.15, -0.1) is 0 Å². The van der Waals surface area contributed by atoms with Crippen molar-refractivity contribution in [2.75, 3.05) is 11.9 Å². The number of ether oxygens (including phenoxy) is 2. The molecule has 7 heteroatoms. The molecule has 0 radical (unpaired) electrons. The number of carbonyl (C=O) groups excluding carboxylic acids is 2. The number of hydrogen-bond acceptors (Lipinski definition) is 4. The van der Waals surface area contributed by atoms with Crippen molar-refractivity contribution in [1.82, 2.24) is 4.90 Å². The van der Waals surface area contributed by atoms with E-state index < -0.39 is 17.2 Å². The highest BCUT2D eigenvalue weighted by Crippen LogP contribution is 2.45. The largest absolute Gasteiger partial charge is 0.447 e. The Bertz CT molecular complexity index is 757. The molecular formula is C21H29BrN2O4. The van der Waals surface area contributed by atoms with Crippen LogP contribution in [0.4, 0.5) is 15.3 Å². The number of hydrogen-bond donors (Lipinski definition) is 1. The lowest BCUT2D eigenvalue weighted by molar-refractivity contribution is -0.0313. The Hall–Kier alpha value is -1.76. The molecule has 0 aromatic heterocycles. The Kier molecular flexibility index (Phi) is 5.94. The van der Waals surface area contributed by atoms with Gasteiger partial charge in [0, 0.05) is 10.5 Å². The fourth-order valence-electron chi connectivity index (χ4n) is 4.21. The minimum Gasteiger partial charge on any atom is -0.447 e. The summed E-state index contributed by atoms with van der Waals surface area (Å²) < 4.78 is 12.0. The van der Waals surface area contributed by atoms with Crippen molar-refractivity contribution in [1.29, 1.82) is 0 Å². The maximum atomic E-state index is 12.8. The van der Waals surface area contributed by atoms with E-state index in [9.17, 15) is 9.59 Å². The minimum absolute atomic E-state index is 0.168. The molecule has 2 saturated heterocycles. The summed E-state index contributed by atoms with van der Waals surface area (Å²) in [6.45, 7) is 7.74. The zero-order chi connectivity index (χ0) is 20.5. The predicted octanol–water partition coefficient (Wildman–Crippen LogP) is 5.63. The van der Waals surface area contributed by atoms with E-state index in [1.165, 1.54) is 0 Å². The molecule has 0 saturated carbocycles. The van der Waals surface area contributed by atoms with Gasteiger partial charge in [0.25, 0.3) is 0 Å². The van der Waals surface area contributed by atoms with E-state index in [0.717, 1.165) is 42.1 Å². The van der Waals surface area contributed by atoms with Crippen molar-refractivity contribution in [3.05, 3.63) is 28.2 Å². The summed E-state index contributed by atoms with van der Waals surface area (Å²) in [5.74, 6) is 0. The summed E-state index contributed by atoms with van der Waals surface area (Å²) in [5, 5.41) is 2.79. The number of aryl methyl sites for hydroxylation is 1. The normalized spacial score (nSPS) is 24.0. The number of amides is 2. The lowest BCUT2D eigenvalue weighted by Gasteiger charge is -2.44. The van der Waals surface area contributed by atoms with Crippen molar-refractivity contribution < 1.29 is 19.1 Å². The first-order valence-electron chi connectivity index (χ1n) is 9.82. The number of halogens is 1. The standard InChI is InChI=1S/C21H29BrN2O4/c1-14-7-8-16(22)17(12-14)23-18(25)27-13-21-10-5-6-15(9-11-21)24(21)19(26)28-20(2,3)4/h7-8,12,15H,5-6,9-11,13H2,1-4H3,(H,23,25). The Morgan fingerprint density at radius 2 is 2.04 bits per heavy atom. The number of fused-ring (bicyclic) bond motifs is 2. The van der Waals surface area contributed by atoms with Crippen LogP contribution in [0.25, 0.3) is 0 Å². The van der Waals surface area contributed by atoms with Crippen LogP contribution in [0.1, 0.15) is 58.4 Å². The van der Waals surface area contributed by atoms with Crippen LogP contribution in [-0.4, -0.2) is 40.9 Å². The van der Waals surface area contributed by atoms with Gasteiger partial charge in [-0.3, -0.25) is 10.2 Å². The Morgan fingerprint density at radius 3 is 2.75 bits per heavy atom. The zero-order valence-corrected chi connectivity index (χ0v) is 18.6. The van der Waals surface area contributed by atoms with Gasteiger partial charge in [-0.2, -0.15) is 0 Å². The Balaban J connectivity index is 1.68. The highest BCUT2D eigenvalue weighted by atomic mass is 79.9. The molecule has 2 aliphatic heterocycles. The van der Waals surface area contributed by atoms with E-state index >= 15 is 0 Å². The van der Waals surface area contributed by atoms with Crippen LogP contribution in [0.2, 0.25) is 0 Å². The molecule has 2 unspecified atom stereocenters. The fourth-order valence-corrected chi connectivity index (χ4v) is 4.55. The lowest BCUT2D eigenvalue weighted by Crippen LogP contribution is -2.57. The van der Waals surface area contributed by atoms with E-state index in [4.69, 9.17) is 9.47 Å². The first-order valence-corrected chi connectivity index (χ1v) is 10.6. The molecule has 1 aromatic carbocycles. The molecule has 2 heterocycles. The Morgan fingerprint density at radius 1 is 1.29 bits per heavy atom. The smallest absolute Gasteiger partial charge is 0.411 e. The van der Waals surface area contributed by atoms with Crippen molar-refractivity contribution in [2.24, 2.45) is 0 Å². The summed E-state index contributed by atoms with van der Waals surface area (Å²) in [6.07, 6.45) is 3.76. The van der Waals surface area contributed by atoms with Crippen molar-refractivity contribution >= 4 is 33.8 Å². The first kappa shape index (κ1) is 21.0. The average Bonchev–Trinajstić information content (AvgIpc) is 2.82. The van der Waals surface area contributed by atoms with E-state index in [2.05, 4.69) is 21.2 Å². The SMILES string of the molecule is Cc1ccc(Br)c(NC(=O)OCC23CCCC(CC2)N3C(=O)OC(C)(C)C)c1. The number of carbonyl (C=O) groups is 2. The van der Waals surface area contributed by atoms with Gasteiger partial charge in [0.2, 0.25) is 0 Å². The molecule has 0 aliphatic carbocycles. The lowest BCUT2D eigenvalue weighted by atomic mass is 9.89. The molecule has 2 aliphatic rings. The van der Waals surface area contributed by atoms with Gasteiger partial charge in [0.05, 0.1) is 11.2 Å². The molecular weight excluding hydrogens is 424 g/mol. The molecule has 2 bridgehead atoms. The number of anilines is 1. The van der Waals surface area contributed by atoms with E-state index in [1.807, 2.05) is 50.8 Å². The van der Waals surface area contributed by atoms with Gasteiger partial charge in [0.15, 0.2) is 0 Å². The third-order valence-corrected chi connectivity index (χ3v) is 6.11. The van der Waals surface area contributed by atoms with Crippen molar-refractivity contribution in [3.63, 3.8) is 0 Å². The molecule has 0 spiro atoms. The molecule has 3 rings (SSSR count). The number of nitrogens with zero attached hydrogens (tertiary/aromatic N) is 1. The van der Waals surface area contributed by atoms with Crippen LogP contribution in [0.15, 0.2) is 22.7 Å². The van der Waals surface area contributed by atoms with Crippen LogP contribution >= 0.6 is 15.9 Å². The fraction of sp³-hybridized carbons (Fsp3) is 0.619. The molecule has 1 aromatic rings. The van der Waals surface area contributed by atoms with E-state index in [-0.39, 0.29) is 18.7 Å². The van der Waals surface area contributed by atoms with Gasteiger partial charge in [-0.1, -0.05) is 6.07 Å². The monoisotopic (exact) mass is 452 g/mol. The molecule has 2 fully saturated rings. The third kappa shape index (κ3) is 4.62. The maximum absolute atomic E-state index is 12.8. The van der Waals surface area contributed by atoms with Crippen LogP contribution in [0, 0.1) is 6.92 Å². The highest BCUT2D eigenvalue weighted by molar-refractivity contribution is 9.10. The second-order valence-electron chi connectivity index (χ2n) is 8.84. The second kappa shape index (κ2) is 7.93. The molecule has 1 N–H and O–H groups in total. The van der Waals surface area contributed by atoms with Gasteiger partial charge in [-0.05, 0) is 93.4 Å². The van der Waals surface area contributed by atoms with Gasteiger partial charge in [-0.25, -0.2) is 9.59 Å². The summed E-state index contributed by atoms with van der Waals surface area (Å²) in [5.41, 5.74) is 0.690. The zero-order valence-electron chi connectivity index (χ0n) is 17.0. The van der Waals surface area contributed by atoms with Gasteiger partial charge >= 0.3 is 12.2 Å². The molecule has 28 heavy (non-hydrogen) atoms. The number of benzene rings is 1. The molecule has 6 nitrogen and oxygen atoms in total. The summed E-state index contributed by atoms with van der Waals surface area (Å²) >= 11 is 3.43. The molecule has 2 atom stereocenters. The average molecular weight is 453 g/mol. The number of rotatable bonds is 3. The predicted molar refractivity (Wildman–Crippen MR) is 112 cm³/mol. The number of nitrogens with one attached hydrogen (secondary N) is 1. The van der Waals surface area contributed by atoms with Crippen molar-refractivity contribution in [3.8, 4) is 0 Å². The summed E-state index contributed by atoms with van der Waals surface area (Å²) in [4.78, 5) is 27.1. The maximum Gasteiger partial charge on any atom is 0.411 e. The molecule has 2 amide bonds. The Labute approximate surface area is 175 Å². The minimum atomic E-state index is -0.551. The van der Waals surface area contributed by atoms with Crippen LogP contribution in [-0.2, 0) is 9.47 Å². The summed E-state index contributed by atoms with van der Waals surface area (Å²) in [7, 11) is 0. The van der Waals surface area contributed by atoms with Crippen LogP contribution in [0.5, 0.6) is 0 Å². The number of piperidine rings is 1. The van der Waals surface area contributed by atoms with Gasteiger partial charge < -0.3 is 9.47 Å². The van der Waals surface area contributed by atoms with Crippen LogP contribution < -0.4 is 5.32 Å². The topological polar surface area (TPSA) is 67.9 Å². The quantitative estimate of drug-likeness (QED) is 0.644. The summed E-state index contributed by atoms with van der Waals surface area (Å²) in [6, 6.07) is 5.89. The molecule has 154 valence electrons. The van der Waals surface area contributed by atoms with E-state index in [0.29, 0.717) is 5.69 Å². The van der Waals surface area contributed by atoms with Crippen LogP contribution in [0.3, 0.4) is 0 Å².